The zero-order chi connectivity index (χ0) is 21.2. The molecule has 0 saturated heterocycles. The predicted molar refractivity (Wildman–Crippen MR) is 114 cm³/mol. The van der Waals surface area contributed by atoms with Gasteiger partial charge in [-0.25, -0.2) is 0 Å². The van der Waals surface area contributed by atoms with Gasteiger partial charge in [-0.3, -0.25) is 14.5 Å². The summed E-state index contributed by atoms with van der Waals surface area (Å²) in [6.45, 7) is 6.78. The number of benzene rings is 2. The number of rotatable bonds is 9. The molecule has 0 bridgehead atoms. The van der Waals surface area contributed by atoms with E-state index in [1.165, 1.54) is 0 Å². The van der Waals surface area contributed by atoms with Gasteiger partial charge in [-0.15, -0.1) is 0 Å². The van der Waals surface area contributed by atoms with Gasteiger partial charge in [-0.2, -0.15) is 5.26 Å². The molecule has 0 aromatic heterocycles. The Balaban J connectivity index is 1.86. The lowest BCUT2D eigenvalue weighted by molar-refractivity contribution is -0.125. The number of nitrogens with one attached hydrogen (secondary N) is 2. The van der Waals surface area contributed by atoms with Crippen LogP contribution in [0.3, 0.4) is 0 Å². The summed E-state index contributed by atoms with van der Waals surface area (Å²) >= 11 is 0. The zero-order valence-electron chi connectivity index (χ0n) is 17.2. The molecule has 0 fully saturated rings. The van der Waals surface area contributed by atoms with Gasteiger partial charge in [0.1, 0.15) is 0 Å². The van der Waals surface area contributed by atoms with Crippen LogP contribution < -0.4 is 10.6 Å². The van der Waals surface area contributed by atoms with Crippen LogP contribution in [0.25, 0.3) is 0 Å². The van der Waals surface area contributed by atoms with Gasteiger partial charge in [0.25, 0.3) is 0 Å². The van der Waals surface area contributed by atoms with Crippen molar-refractivity contribution in [2.45, 2.75) is 39.8 Å². The summed E-state index contributed by atoms with van der Waals surface area (Å²) in [5.74, 6) is -0.450. The van der Waals surface area contributed by atoms with E-state index in [-0.39, 0.29) is 30.9 Å². The molecular weight excluding hydrogens is 364 g/mol. The Hall–Kier alpha value is -3.17. The minimum atomic E-state index is -0.248. The molecular formula is C23H28N4O2. The largest absolute Gasteiger partial charge is 0.346 e. The van der Waals surface area contributed by atoms with Crippen LogP contribution in [-0.4, -0.2) is 35.8 Å². The molecule has 0 spiro atoms. The first kappa shape index (κ1) is 22.1. The van der Waals surface area contributed by atoms with E-state index in [9.17, 15) is 9.59 Å². The second-order valence-electron chi connectivity index (χ2n) is 7.14. The number of hydrogen-bond donors (Lipinski definition) is 2. The third kappa shape index (κ3) is 7.05. The van der Waals surface area contributed by atoms with Crippen molar-refractivity contribution in [3.63, 3.8) is 0 Å². The third-order valence-corrected chi connectivity index (χ3v) is 4.66. The van der Waals surface area contributed by atoms with Gasteiger partial charge in [0.2, 0.25) is 11.8 Å². The van der Waals surface area contributed by atoms with Gasteiger partial charge < -0.3 is 10.6 Å². The van der Waals surface area contributed by atoms with Gasteiger partial charge in [0.05, 0.1) is 24.7 Å². The Bertz CT molecular complexity index is 869. The molecule has 152 valence electrons. The Kier molecular flexibility index (Phi) is 8.38. The molecule has 6 nitrogen and oxygen atoms in total. The Morgan fingerprint density at radius 2 is 1.76 bits per heavy atom. The molecule has 2 aromatic rings. The van der Waals surface area contributed by atoms with E-state index in [1.807, 2.05) is 62.1 Å². The highest BCUT2D eigenvalue weighted by atomic mass is 16.2. The standard InChI is InChI=1S/C23H28N4O2/c1-4-20-7-5-6-8-21(20)26-22(28)14-25-23(29)16-27(17(2)3)15-19-11-9-18(13-24)10-12-19/h5-12,17H,4,14-16H2,1-3H3,(H,25,29)(H,26,28). The van der Waals surface area contributed by atoms with Crippen LogP contribution in [0.4, 0.5) is 5.69 Å². The van der Waals surface area contributed by atoms with Crippen molar-refractivity contribution in [1.29, 1.82) is 5.26 Å². The highest BCUT2D eigenvalue weighted by Crippen LogP contribution is 2.15. The fraction of sp³-hybridized carbons (Fsp3) is 0.348. The summed E-state index contributed by atoms with van der Waals surface area (Å²) < 4.78 is 0. The van der Waals surface area contributed by atoms with Crippen LogP contribution in [0.2, 0.25) is 0 Å². The second-order valence-corrected chi connectivity index (χ2v) is 7.14. The molecule has 2 rings (SSSR count). The Morgan fingerprint density at radius 1 is 1.07 bits per heavy atom. The lowest BCUT2D eigenvalue weighted by Gasteiger charge is -2.26. The lowest BCUT2D eigenvalue weighted by Crippen LogP contribution is -2.42. The maximum Gasteiger partial charge on any atom is 0.243 e. The first-order valence-electron chi connectivity index (χ1n) is 9.80. The first-order valence-corrected chi connectivity index (χ1v) is 9.80. The molecule has 29 heavy (non-hydrogen) atoms. The number of anilines is 1. The van der Waals surface area contributed by atoms with Crippen LogP contribution in [0, 0.1) is 11.3 Å². The summed E-state index contributed by atoms with van der Waals surface area (Å²) in [6.07, 6.45) is 0.821. The third-order valence-electron chi connectivity index (χ3n) is 4.66. The first-order chi connectivity index (χ1) is 13.9. The summed E-state index contributed by atoms with van der Waals surface area (Å²) in [5.41, 5.74) is 3.47. The highest BCUT2D eigenvalue weighted by molar-refractivity contribution is 5.95. The number of amides is 2. The summed E-state index contributed by atoms with van der Waals surface area (Å²) in [6, 6.07) is 17.2. The summed E-state index contributed by atoms with van der Waals surface area (Å²) in [5, 5.41) is 14.4. The SMILES string of the molecule is CCc1ccccc1NC(=O)CNC(=O)CN(Cc1ccc(C#N)cc1)C(C)C. The van der Waals surface area contributed by atoms with Crippen molar-refractivity contribution in [1.82, 2.24) is 10.2 Å². The molecule has 2 amide bonds. The smallest absolute Gasteiger partial charge is 0.243 e. The normalized spacial score (nSPS) is 10.6. The molecule has 0 unspecified atom stereocenters. The number of hydrogen-bond acceptors (Lipinski definition) is 4. The second kappa shape index (κ2) is 11.0. The molecule has 0 aliphatic carbocycles. The fourth-order valence-electron chi connectivity index (χ4n) is 2.90. The van der Waals surface area contributed by atoms with Gasteiger partial charge in [-0.1, -0.05) is 37.3 Å². The molecule has 0 saturated carbocycles. The number of nitriles is 1. The highest BCUT2D eigenvalue weighted by Gasteiger charge is 2.15. The van der Waals surface area contributed by atoms with Crippen LogP contribution in [0.15, 0.2) is 48.5 Å². The van der Waals surface area contributed by atoms with Gasteiger partial charge >= 0.3 is 0 Å². The lowest BCUT2D eigenvalue weighted by atomic mass is 10.1. The molecule has 6 heteroatoms. The number of carbonyl (C=O) groups is 2. The van der Waals surface area contributed by atoms with Crippen LogP contribution >= 0.6 is 0 Å². The molecule has 0 atom stereocenters. The monoisotopic (exact) mass is 392 g/mol. The van der Waals surface area contributed by atoms with Crippen molar-refractivity contribution in [3.05, 3.63) is 65.2 Å². The van der Waals surface area contributed by atoms with E-state index in [1.54, 1.807) is 12.1 Å². The molecule has 2 aromatic carbocycles. The van der Waals surface area contributed by atoms with Gasteiger partial charge in [-0.05, 0) is 49.6 Å². The van der Waals surface area contributed by atoms with E-state index in [0.29, 0.717) is 12.1 Å². The summed E-state index contributed by atoms with van der Waals surface area (Å²) in [4.78, 5) is 26.6. The maximum atomic E-state index is 12.4. The Morgan fingerprint density at radius 3 is 2.38 bits per heavy atom. The van der Waals surface area contributed by atoms with Crippen LogP contribution in [-0.2, 0) is 22.6 Å². The minimum Gasteiger partial charge on any atom is -0.346 e. The van der Waals surface area contributed by atoms with E-state index in [0.717, 1.165) is 23.2 Å². The van der Waals surface area contributed by atoms with Gasteiger partial charge in [0.15, 0.2) is 0 Å². The van der Waals surface area contributed by atoms with Crippen molar-refractivity contribution >= 4 is 17.5 Å². The Labute approximate surface area is 172 Å². The molecule has 2 N–H and O–H groups in total. The van der Waals surface area contributed by atoms with E-state index >= 15 is 0 Å². The van der Waals surface area contributed by atoms with E-state index < -0.39 is 0 Å². The topological polar surface area (TPSA) is 85.2 Å². The van der Waals surface area contributed by atoms with Crippen LogP contribution in [0.1, 0.15) is 37.5 Å². The maximum absolute atomic E-state index is 12.4. The molecule has 0 radical (unpaired) electrons. The fourth-order valence-corrected chi connectivity index (χ4v) is 2.90. The number of para-hydroxylation sites is 1. The van der Waals surface area contributed by atoms with E-state index in [2.05, 4.69) is 16.7 Å². The van der Waals surface area contributed by atoms with Crippen LogP contribution in [0.5, 0.6) is 0 Å². The average Bonchev–Trinajstić information content (AvgIpc) is 2.72. The van der Waals surface area contributed by atoms with Gasteiger partial charge in [0, 0.05) is 18.3 Å². The summed E-state index contributed by atoms with van der Waals surface area (Å²) in [7, 11) is 0. The van der Waals surface area contributed by atoms with Crippen molar-refractivity contribution < 1.29 is 9.59 Å². The molecule has 0 aliphatic heterocycles. The molecule has 0 aliphatic rings. The molecule has 0 heterocycles. The number of carbonyl (C=O) groups excluding carboxylic acids is 2. The number of nitrogens with zero attached hydrogens (tertiary/aromatic N) is 2. The predicted octanol–water partition coefficient (Wildman–Crippen LogP) is 3.09. The number of aryl methyl sites for hydroxylation is 1. The minimum absolute atomic E-state index is 0.0698. The average molecular weight is 393 g/mol. The zero-order valence-corrected chi connectivity index (χ0v) is 17.2. The van der Waals surface area contributed by atoms with E-state index in [4.69, 9.17) is 5.26 Å². The van der Waals surface area contributed by atoms with Crippen molar-refractivity contribution in [3.8, 4) is 6.07 Å². The van der Waals surface area contributed by atoms with Crippen molar-refractivity contribution in [2.75, 3.05) is 18.4 Å². The quantitative estimate of drug-likeness (QED) is 0.687. The van der Waals surface area contributed by atoms with Crippen molar-refractivity contribution in [2.24, 2.45) is 0 Å².